The summed E-state index contributed by atoms with van der Waals surface area (Å²) in [5, 5.41) is 12.1. The van der Waals surface area contributed by atoms with Crippen molar-refractivity contribution in [3.63, 3.8) is 0 Å². The first-order valence-electron chi connectivity index (χ1n) is 8.46. The van der Waals surface area contributed by atoms with Gasteiger partial charge in [-0.15, -0.1) is 0 Å². The van der Waals surface area contributed by atoms with Gasteiger partial charge in [0.2, 0.25) is 0 Å². The Morgan fingerprint density at radius 1 is 1.23 bits per heavy atom. The first kappa shape index (κ1) is 17.6. The number of nitrogens with zero attached hydrogens (tertiary/aromatic N) is 2. The van der Waals surface area contributed by atoms with Gasteiger partial charge in [0.15, 0.2) is 0 Å². The number of carbonyl (C=O) groups is 1. The monoisotopic (exact) mass is 351 g/mol. The topological polar surface area (TPSA) is 74.6 Å². The van der Waals surface area contributed by atoms with Crippen LogP contribution < -0.4 is 14.8 Å². The molecular weight excluding hydrogens is 330 g/mol. The van der Waals surface area contributed by atoms with Crippen LogP contribution in [0.2, 0.25) is 0 Å². The van der Waals surface area contributed by atoms with Crippen LogP contribution >= 0.6 is 0 Å². The van der Waals surface area contributed by atoms with Gasteiger partial charge in [-0.05, 0) is 43.2 Å². The van der Waals surface area contributed by atoms with Gasteiger partial charge in [0.05, 0.1) is 31.5 Å². The molecule has 0 saturated carbocycles. The molecule has 1 saturated heterocycles. The zero-order chi connectivity index (χ0) is 18.5. The van der Waals surface area contributed by atoms with Crippen molar-refractivity contribution >= 4 is 11.7 Å². The number of nitriles is 1. The van der Waals surface area contributed by atoms with E-state index in [0.717, 1.165) is 29.9 Å². The minimum absolute atomic E-state index is 0.103. The van der Waals surface area contributed by atoms with Crippen molar-refractivity contribution in [3.05, 3.63) is 53.6 Å². The zero-order valence-corrected chi connectivity index (χ0v) is 14.9. The number of urea groups is 1. The van der Waals surface area contributed by atoms with Crippen molar-refractivity contribution < 1.29 is 14.3 Å². The van der Waals surface area contributed by atoms with E-state index in [2.05, 4.69) is 11.4 Å². The van der Waals surface area contributed by atoms with Gasteiger partial charge in [0.1, 0.15) is 17.6 Å². The van der Waals surface area contributed by atoms with Crippen LogP contribution in [0.4, 0.5) is 10.5 Å². The Kier molecular flexibility index (Phi) is 5.28. The summed E-state index contributed by atoms with van der Waals surface area (Å²) in [5.41, 5.74) is 1.88. The number of nitrogens with one attached hydrogen (secondary N) is 1. The van der Waals surface area contributed by atoms with Crippen molar-refractivity contribution in [2.75, 3.05) is 26.1 Å². The predicted molar refractivity (Wildman–Crippen MR) is 98.4 cm³/mol. The van der Waals surface area contributed by atoms with Crippen LogP contribution in [-0.4, -0.2) is 31.7 Å². The Morgan fingerprint density at radius 3 is 2.77 bits per heavy atom. The maximum absolute atomic E-state index is 12.9. The Balaban J connectivity index is 1.86. The first-order chi connectivity index (χ1) is 12.7. The van der Waals surface area contributed by atoms with E-state index in [1.165, 1.54) is 0 Å². The van der Waals surface area contributed by atoms with Crippen LogP contribution in [0.25, 0.3) is 0 Å². The number of hydrogen-bond acceptors (Lipinski definition) is 4. The molecule has 2 amide bonds. The Labute approximate surface area is 152 Å². The highest BCUT2D eigenvalue weighted by Crippen LogP contribution is 2.39. The molecule has 0 radical (unpaired) electrons. The van der Waals surface area contributed by atoms with Crippen molar-refractivity contribution in [2.45, 2.75) is 18.9 Å². The summed E-state index contributed by atoms with van der Waals surface area (Å²) < 4.78 is 10.8. The number of likely N-dealkylation sites (tertiary alicyclic amines) is 1. The molecule has 1 aliphatic heterocycles. The highest BCUT2D eigenvalue weighted by molar-refractivity contribution is 5.91. The summed E-state index contributed by atoms with van der Waals surface area (Å²) in [7, 11) is 3.23. The van der Waals surface area contributed by atoms with E-state index in [1.807, 2.05) is 18.2 Å². The molecule has 3 rings (SSSR count). The van der Waals surface area contributed by atoms with E-state index >= 15 is 0 Å². The van der Waals surface area contributed by atoms with Crippen molar-refractivity contribution in [1.29, 1.82) is 5.26 Å². The molecular formula is C20H21N3O3. The normalized spacial score (nSPS) is 16.0. The third-order valence-corrected chi connectivity index (χ3v) is 4.60. The molecule has 1 atom stereocenters. The van der Waals surface area contributed by atoms with Gasteiger partial charge in [0, 0.05) is 12.1 Å². The summed E-state index contributed by atoms with van der Waals surface area (Å²) in [5.74, 6) is 1.45. The second-order valence-corrected chi connectivity index (χ2v) is 6.05. The number of para-hydroxylation sites is 1. The molecule has 6 heteroatoms. The second kappa shape index (κ2) is 7.79. The smallest absolute Gasteiger partial charge is 0.322 e. The summed E-state index contributed by atoms with van der Waals surface area (Å²) in [6.07, 6.45) is 1.75. The SMILES string of the molecule is COc1ccc(OC)c(C2CCCN2C(=O)Nc2ccccc2C#N)c1. The molecule has 1 unspecified atom stereocenters. The first-order valence-corrected chi connectivity index (χ1v) is 8.46. The van der Waals surface area contributed by atoms with E-state index in [4.69, 9.17) is 9.47 Å². The zero-order valence-electron chi connectivity index (χ0n) is 14.9. The number of ether oxygens (including phenoxy) is 2. The number of rotatable bonds is 4. The molecule has 6 nitrogen and oxygen atoms in total. The van der Waals surface area contributed by atoms with Crippen LogP contribution in [0.3, 0.4) is 0 Å². The van der Waals surface area contributed by atoms with Crippen LogP contribution in [0, 0.1) is 11.3 Å². The molecule has 2 aromatic rings. The van der Waals surface area contributed by atoms with Gasteiger partial charge in [-0.25, -0.2) is 4.79 Å². The van der Waals surface area contributed by atoms with E-state index < -0.39 is 0 Å². The average Bonchev–Trinajstić information content (AvgIpc) is 3.17. The molecule has 1 N–H and O–H groups in total. The van der Waals surface area contributed by atoms with Crippen molar-refractivity contribution in [3.8, 4) is 17.6 Å². The Bertz CT molecular complexity index is 844. The molecule has 0 spiro atoms. The van der Waals surface area contributed by atoms with Crippen molar-refractivity contribution in [2.24, 2.45) is 0 Å². The number of benzene rings is 2. The molecule has 26 heavy (non-hydrogen) atoms. The fraction of sp³-hybridized carbons (Fsp3) is 0.300. The lowest BCUT2D eigenvalue weighted by Gasteiger charge is -2.27. The van der Waals surface area contributed by atoms with Gasteiger partial charge in [-0.2, -0.15) is 5.26 Å². The Hall–Kier alpha value is -3.20. The van der Waals surface area contributed by atoms with Gasteiger partial charge >= 0.3 is 6.03 Å². The Morgan fingerprint density at radius 2 is 2.04 bits per heavy atom. The summed E-state index contributed by atoms with van der Waals surface area (Å²) >= 11 is 0. The summed E-state index contributed by atoms with van der Waals surface area (Å²) in [4.78, 5) is 14.6. The van der Waals surface area contributed by atoms with Gasteiger partial charge < -0.3 is 19.7 Å². The second-order valence-electron chi connectivity index (χ2n) is 6.05. The maximum atomic E-state index is 12.9. The summed E-state index contributed by atoms with van der Waals surface area (Å²) in [6.45, 7) is 0.644. The molecule has 134 valence electrons. The quantitative estimate of drug-likeness (QED) is 0.905. The molecule has 2 aromatic carbocycles. The lowest BCUT2D eigenvalue weighted by molar-refractivity contribution is 0.206. The number of anilines is 1. The van der Waals surface area contributed by atoms with Gasteiger partial charge in [-0.3, -0.25) is 0 Å². The predicted octanol–water partition coefficient (Wildman–Crippen LogP) is 3.94. The molecule has 1 aliphatic rings. The number of carbonyl (C=O) groups excluding carboxylic acids is 1. The highest BCUT2D eigenvalue weighted by atomic mass is 16.5. The lowest BCUT2D eigenvalue weighted by atomic mass is 10.0. The maximum Gasteiger partial charge on any atom is 0.322 e. The molecule has 0 bridgehead atoms. The average molecular weight is 351 g/mol. The van der Waals surface area contributed by atoms with Crippen molar-refractivity contribution in [1.82, 2.24) is 4.90 Å². The fourth-order valence-electron chi connectivity index (χ4n) is 3.31. The van der Waals surface area contributed by atoms with Crippen LogP contribution in [0.5, 0.6) is 11.5 Å². The standard InChI is InChI=1S/C20H21N3O3/c1-25-15-9-10-19(26-2)16(12-15)18-8-5-11-23(18)20(24)22-17-7-4-3-6-14(17)13-21/h3-4,6-7,9-10,12,18H,5,8,11H2,1-2H3,(H,22,24). The van der Waals surface area contributed by atoms with E-state index in [0.29, 0.717) is 17.8 Å². The number of amides is 2. The van der Waals surface area contributed by atoms with Crippen LogP contribution in [0.1, 0.15) is 30.0 Å². The van der Waals surface area contributed by atoms with Gasteiger partial charge in [0.25, 0.3) is 0 Å². The molecule has 1 fully saturated rings. The lowest BCUT2D eigenvalue weighted by Crippen LogP contribution is -2.34. The van der Waals surface area contributed by atoms with E-state index in [-0.39, 0.29) is 12.1 Å². The number of methoxy groups -OCH3 is 2. The minimum Gasteiger partial charge on any atom is -0.497 e. The molecule has 1 heterocycles. The van der Waals surface area contributed by atoms with E-state index in [1.54, 1.807) is 43.4 Å². The molecule has 0 aliphatic carbocycles. The van der Waals surface area contributed by atoms with Gasteiger partial charge in [-0.1, -0.05) is 12.1 Å². The van der Waals surface area contributed by atoms with Crippen LogP contribution in [0.15, 0.2) is 42.5 Å². The third kappa shape index (κ3) is 3.42. The fourth-order valence-corrected chi connectivity index (χ4v) is 3.31. The largest absolute Gasteiger partial charge is 0.497 e. The number of hydrogen-bond donors (Lipinski definition) is 1. The van der Waals surface area contributed by atoms with Crippen LogP contribution in [-0.2, 0) is 0 Å². The molecule has 0 aromatic heterocycles. The highest BCUT2D eigenvalue weighted by Gasteiger charge is 2.32. The third-order valence-electron chi connectivity index (χ3n) is 4.60. The minimum atomic E-state index is -0.222. The summed E-state index contributed by atoms with van der Waals surface area (Å²) in [6, 6.07) is 14.4. The van der Waals surface area contributed by atoms with E-state index in [9.17, 15) is 10.1 Å².